The van der Waals surface area contributed by atoms with Crippen LogP contribution >= 0.6 is 0 Å². The number of rotatable bonds is 6. The molecule has 1 aliphatic heterocycles. The molecule has 2 aromatic carbocycles. The van der Waals surface area contributed by atoms with Gasteiger partial charge in [-0.1, -0.05) is 43.3 Å². The van der Waals surface area contributed by atoms with Crippen LogP contribution in [0.3, 0.4) is 0 Å². The van der Waals surface area contributed by atoms with Gasteiger partial charge >= 0.3 is 0 Å². The highest BCUT2D eigenvalue weighted by Crippen LogP contribution is 2.23. The van der Waals surface area contributed by atoms with Gasteiger partial charge in [-0.25, -0.2) is 0 Å². The summed E-state index contributed by atoms with van der Waals surface area (Å²) in [5.41, 5.74) is 5.39. The van der Waals surface area contributed by atoms with Crippen molar-refractivity contribution in [1.82, 2.24) is 5.32 Å². The van der Waals surface area contributed by atoms with E-state index in [9.17, 15) is 5.11 Å². The van der Waals surface area contributed by atoms with E-state index < -0.39 is 0 Å². The molecule has 1 unspecified atom stereocenters. The third kappa shape index (κ3) is 4.62. The zero-order chi connectivity index (χ0) is 17.6. The first-order chi connectivity index (χ1) is 12.2. The number of aryl methyl sites for hydroxylation is 1. The number of aliphatic hydroxyl groups is 1. The number of hydrogen-bond donors (Lipinski definition) is 2. The first-order valence-corrected chi connectivity index (χ1v) is 9.50. The van der Waals surface area contributed by atoms with E-state index in [1.54, 1.807) is 0 Å². The average Bonchev–Trinajstić information content (AvgIpc) is 2.67. The Morgan fingerprint density at radius 1 is 1.04 bits per heavy atom. The molecule has 0 aliphatic carbocycles. The predicted octanol–water partition coefficient (Wildman–Crippen LogP) is 4.06. The van der Waals surface area contributed by atoms with Crippen molar-refractivity contribution >= 4 is 5.69 Å². The van der Waals surface area contributed by atoms with Crippen LogP contribution in [0.25, 0.3) is 0 Å². The topological polar surface area (TPSA) is 35.5 Å². The summed E-state index contributed by atoms with van der Waals surface area (Å²) in [5.74, 6) is 0. The Morgan fingerprint density at radius 2 is 1.68 bits per heavy atom. The van der Waals surface area contributed by atoms with Crippen molar-refractivity contribution in [3.8, 4) is 0 Å². The van der Waals surface area contributed by atoms with Crippen molar-refractivity contribution in [2.45, 2.75) is 51.8 Å². The van der Waals surface area contributed by atoms with Crippen LogP contribution in [0.2, 0.25) is 0 Å². The number of piperidine rings is 1. The molecular weight excluding hydrogens is 308 g/mol. The predicted molar refractivity (Wildman–Crippen MR) is 105 cm³/mol. The van der Waals surface area contributed by atoms with Crippen molar-refractivity contribution in [2.24, 2.45) is 0 Å². The maximum Gasteiger partial charge on any atom is 0.0574 e. The first kappa shape index (κ1) is 18.0. The van der Waals surface area contributed by atoms with Crippen LogP contribution in [-0.4, -0.2) is 24.3 Å². The second-order valence-electron chi connectivity index (χ2n) is 7.03. The third-order valence-corrected chi connectivity index (χ3v) is 5.32. The minimum atomic E-state index is -0.120. The minimum Gasteiger partial charge on any atom is -0.393 e. The van der Waals surface area contributed by atoms with E-state index in [2.05, 4.69) is 72.6 Å². The molecule has 1 aliphatic rings. The van der Waals surface area contributed by atoms with Crippen LogP contribution < -0.4 is 10.2 Å². The second-order valence-corrected chi connectivity index (χ2v) is 7.03. The van der Waals surface area contributed by atoms with E-state index in [0.29, 0.717) is 6.04 Å². The fourth-order valence-electron chi connectivity index (χ4n) is 3.55. The molecule has 0 spiro atoms. The van der Waals surface area contributed by atoms with Gasteiger partial charge in [0.2, 0.25) is 0 Å². The molecule has 0 aromatic heterocycles. The summed E-state index contributed by atoms with van der Waals surface area (Å²) < 4.78 is 0. The minimum absolute atomic E-state index is 0.120. The van der Waals surface area contributed by atoms with E-state index in [1.807, 2.05) is 0 Å². The number of benzene rings is 2. The smallest absolute Gasteiger partial charge is 0.0574 e. The van der Waals surface area contributed by atoms with Gasteiger partial charge in [-0.3, -0.25) is 0 Å². The van der Waals surface area contributed by atoms with Gasteiger partial charge in [-0.15, -0.1) is 0 Å². The molecule has 2 aromatic rings. The molecule has 0 radical (unpaired) electrons. The van der Waals surface area contributed by atoms with Crippen molar-refractivity contribution < 1.29 is 5.11 Å². The van der Waals surface area contributed by atoms with Gasteiger partial charge in [0.25, 0.3) is 0 Å². The van der Waals surface area contributed by atoms with Crippen LogP contribution in [0.4, 0.5) is 5.69 Å². The summed E-state index contributed by atoms with van der Waals surface area (Å²) in [7, 11) is 0. The molecule has 3 nitrogen and oxygen atoms in total. The molecular formula is C22H30N2O. The zero-order valence-electron chi connectivity index (χ0n) is 15.4. The van der Waals surface area contributed by atoms with Crippen LogP contribution in [0.15, 0.2) is 48.5 Å². The lowest BCUT2D eigenvalue weighted by Gasteiger charge is -2.31. The zero-order valence-corrected chi connectivity index (χ0v) is 15.4. The van der Waals surface area contributed by atoms with E-state index in [1.165, 1.54) is 22.4 Å². The van der Waals surface area contributed by atoms with E-state index in [0.717, 1.165) is 38.9 Å². The van der Waals surface area contributed by atoms with Gasteiger partial charge in [0, 0.05) is 31.4 Å². The lowest BCUT2D eigenvalue weighted by Crippen LogP contribution is -2.35. The Kier molecular flexibility index (Phi) is 6.11. The Morgan fingerprint density at radius 3 is 2.32 bits per heavy atom. The highest BCUT2D eigenvalue weighted by Gasteiger charge is 2.17. The molecule has 3 heteroatoms. The molecule has 2 N–H and O–H groups in total. The molecule has 3 rings (SSSR count). The number of nitrogens with one attached hydrogen (secondary N) is 1. The van der Waals surface area contributed by atoms with Gasteiger partial charge in [-0.05, 0) is 55.0 Å². The fourth-order valence-corrected chi connectivity index (χ4v) is 3.55. The quantitative estimate of drug-likeness (QED) is 0.834. The standard InChI is InChI=1S/C22H30N2O/c1-3-18-6-4-5-7-20(18)16-23-17(2)19-8-10-21(11-9-19)24-14-12-22(25)13-15-24/h4-11,17,22-23,25H,3,12-16H2,1-2H3. The monoisotopic (exact) mass is 338 g/mol. The average molecular weight is 338 g/mol. The lowest BCUT2D eigenvalue weighted by molar-refractivity contribution is 0.145. The SMILES string of the molecule is CCc1ccccc1CNC(C)c1ccc(N2CCC(O)CC2)cc1. The van der Waals surface area contributed by atoms with Crippen LogP contribution in [-0.2, 0) is 13.0 Å². The number of nitrogens with zero attached hydrogens (tertiary/aromatic N) is 1. The summed E-state index contributed by atoms with van der Waals surface area (Å²) in [4.78, 5) is 2.37. The molecule has 1 saturated heterocycles. The molecule has 0 amide bonds. The van der Waals surface area contributed by atoms with Crippen LogP contribution in [0, 0.1) is 0 Å². The first-order valence-electron chi connectivity index (χ1n) is 9.50. The Balaban J connectivity index is 1.58. The van der Waals surface area contributed by atoms with Gasteiger partial charge in [0.1, 0.15) is 0 Å². The van der Waals surface area contributed by atoms with Gasteiger partial charge in [0.15, 0.2) is 0 Å². The molecule has 0 bridgehead atoms. The number of hydrogen-bond acceptors (Lipinski definition) is 3. The fraction of sp³-hybridized carbons (Fsp3) is 0.455. The summed E-state index contributed by atoms with van der Waals surface area (Å²) in [6.45, 7) is 7.22. The molecule has 1 atom stereocenters. The molecule has 25 heavy (non-hydrogen) atoms. The van der Waals surface area contributed by atoms with Gasteiger partial charge in [0.05, 0.1) is 6.10 Å². The van der Waals surface area contributed by atoms with Crippen LogP contribution in [0.5, 0.6) is 0 Å². The lowest BCUT2D eigenvalue weighted by atomic mass is 10.0. The maximum atomic E-state index is 9.65. The van der Waals surface area contributed by atoms with Gasteiger partial charge < -0.3 is 15.3 Å². The normalized spacial score (nSPS) is 16.8. The highest BCUT2D eigenvalue weighted by atomic mass is 16.3. The molecule has 1 fully saturated rings. The van der Waals surface area contributed by atoms with Crippen molar-refractivity contribution in [3.05, 3.63) is 65.2 Å². The summed E-state index contributed by atoms with van der Waals surface area (Å²) in [6, 6.07) is 17.9. The van der Waals surface area contributed by atoms with E-state index >= 15 is 0 Å². The molecule has 1 heterocycles. The summed E-state index contributed by atoms with van der Waals surface area (Å²) >= 11 is 0. The third-order valence-electron chi connectivity index (χ3n) is 5.32. The maximum absolute atomic E-state index is 9.65. The Hall–Kier alpha value is -1.84. The van der Waals surface area contributed by atoms with Crippen molar-refractivity contribution in [2.75, 3.05) is 18.0 Å². The molecule has 0 saturated carbocycles. The van der Waals surface area contributed by atoms with Crippen molar-refractivity contribution in [3.63, 3.8) is 0 Å². The van der Waals surface area contributed by atoms with Crippen LogP contribution in [0.1, 0.15) is 49.4 Å². The van der Waals surface area contributed by atoms with Crippen molar-refractivity contribution in [1.29, 1.82) is 0 Å². The summed E-state index contributed by atoms with van der Waals surface area (Å²) in [5, 5.41) is 13.3. The number of anilines is 1. The Labute approximate surface area is 151 Å². The number of aliphatic hydroxyl groups excluding tert-OH is 1. The van der Waals surface area contributed by atoms with Gasteiger partial charge in [-0.2, -0.15) is 0 Å². The molecule has 134 valence electrons. The summed E-state index contributed by atoms with van der Waals surface area (Å²) in [6.07, 6.45) is 2.70. The van der Waals surface area contributed by atoms with E-state index in [4.69, 9.17) is 0 Å². The largest absolute Gasteiger partial charge is 0.393 e. The highest BCUT2D eigenvalue weighted by molar-refractivity contribution is 5.48. The second kappa shape index (κ2) is 8.50. The Bertz CT molecular complexity index is 660. The van der Waals surface area contributed by atoms with E-state index in [-0.39, 0.29) is 6.10 Å².